The van der Waals surface area contributed by atoms with E-state index in [1.54, 1.807) is 0 Å². The number of hydrogen-bond donors (Lipinski definition) is 1. The number of anilines is 1. The highest BCUT2D eigenvalue weighted by molar-refractivity contribution is 7.09. The van der Waals surface area contributed by atoms with Crippen molar-refractivity contribution in [3.63, 3.8) is 0 Å². The van der Waals surface area contributed by atoms with E-state index < -0.39 is 0 Å². The Labute approximate surface area is 259 Å². The van der Waals surface area contributed by atoms with E-state index in [9.17, 15) is 0 Å². The van der Waals surface area contributed by atoms with E-state index in [2.05, 4.69) is 78.4 Å². The van der Waals surface area contributed by atoms with Gasteiger partial charge in [-0.3, -0.25) is 0 Å². The zero-order chi connectivity index (χ0) is 30.5. The molecule has 0 bridgehead atoms. The third-order valence-corrected chi connectivity index (χ3v) is 7.96. The monoisotopic (exact) mass is 597 g/mol. The first-order chi connectivity index (χ1) is 21.5. The second-order valence-electron chi connectivity index (χ2n) is 10.5. The number of nitrogens with zero attached hydrogens (tertiary/aromatic N) is 8. The third kappa shape index (κ3) is 6.40. The van der Waals surface area contributed by atoms with Crippen molar-refractivity contribution in [2.75, 3.05) is 5.32 Å². The Kier molecular flexibility index (Phi) is 8.51. The second-order valence-corrected chi connectivity index (χ2v) is 11.2. The van der Waals surface area contributed by atoms with Crippen molar-refractivity contribution in [3.8, 4) is 0 Å². The Morgan fingerprint density at radius 1 is 0.659 bits per heavy atom. The van der Waals surface area contributed by atoms with Gasteiger partial charge >= 0.3 is 0 Å². The van der Waals surface area contributed by atoms with Gasteiger partial charge in [-0.25, -0.2) is 4.98 Å². The van der Waals surface area contributed by atoms with Gasteiger partial charge in [0, 0.05) is 44.8 Å². The molecule has 6 rings (SSSR count). The van der Waals surface area contributed by atoms with Crippen molar-refractivity contribution >= 4 is 72.3 Å². The summed E-state index contributed by atoms with van der Waals surface area (Å²) in [4.78, 5) is 4.22. The Hall–Kier alpha value is -5.22. The molecule has 44 heavy (non-hydrogen) atoms. The molecule has 9 nitrogen and oxygen atoms in total. The molecule has 0 amide bonds. The fraction of sp³-hybridized carbons (Fsp3) is 0.176. The summed E-state index contributed by atoms with van der Waals surface area (Å²) in [5, 5.41) is 35.2. The minimum Gasteiger partial charge on any atom is -0.382 e. The number of aryl methyl sites for hydroxylation is 2. The van der Waals surface area contributed by atoms with Crippen molar-refractivity contribution in [3.05, 3.63) is 102 Å². The average molecular weight is 598 g/mol. The highest BCUT2D eigenvalue weighted by Crippen LogP contribution is 2.37. The molecule has 10 heteroatoms. The van der Waals surface area contributed by atoms with Crippen LogP contribution in [-0.2, 0) is 0 Å². The lowest BCUT2D eigenvalue weighted by Gasteiger charge is -2.15. The molecule has 1 atom stereocenters. The van der Waals surface area contributed by atoms with Crippen molar-refractivity contribution < 1.29 is 0 Å². The molecular formula is C34H31N9S. The fourth-order valence-electron chi connectivity index (χ4n) is 4.76. The molecule has 0 spiro atoms. The van der Waals surface area contributed by atoms with Crippen LogP contribution in [0.15, 0.2) is 122 Å². The predicted molar refractivity (Wildman–Crippen MR) is 180 cm³/mol. The van der Waals surface area contributed by atoms with E-state index >= 15 is 0 Å². The van der Waals surface area contributed by atoms with Crippen LogP contribution in [0.3, 0.4) is 0 Å². The van der Waals surface area contributed by atoms with Crippen LogP contribution in [0, 0.1) is 13.8 Å². The zero-order valence-corrected chi connectivity index (χ0v) is 25.7. The van der Waals surface area contributed by atoms with Crippen LogP contribution in [0.5, 0.6) is 0 Å². The number of aromatic nitrogens is 2. The van der Waals surface area contributed by atoms with Crippen molar-refractivity contribution in [2.24, 2.45) is 30.7 Å². The minimum atomic E-state index is 0.379. The molecule has 0 radical (unpaired) electrons. The first-order valence-electron chi connectivity index (χ1n) is 14.4. The van der Waals surface area contributed by atoms with Gasteiger partial charge in [0.05, 0.1) is 28.4 Å². The molecule has 218 valence electrons. The molecule has 1 N–H and O–H groups in total. The highest BCUT2D eigenvalue weighted by atomic mass is 32.1. The smallest absolute Gasteiger partial charge is 0.249 e. The second kappa shape index (κ2) is 13.0. The van der Waals surface area contributed by atoms with Crippen LogP contribution in [-0.4, -0.2) is 15.4 Å². The van der Waals surface area contributed by atoms with Crippen LogP contribution < -0.4 is 5.32 Å². The van der Waals surface area contributed by atoms with Gasteiger partial charge in [-0.05, 0) is 75.2 Å². The molecule has 6 aromatic rings. The van der Waals surface area contributed by atoms with E-state index in [1.165, 1.54) is 11.5 Å². The van der Waals surface area contributed by atoms with Gasteiger partial charge < -0.3 is 5.32 Å². The fourth-order valence-corrected chi connectivity index (χ4v) is 5.27. The lowest BCUT2D eigenvalue weighted by molar-refractivity contribution is 0.765. The van der Waals surface area contributed by atoms with Crippen LogP contribution in [0.25, 0.3) is 21.5 Å². The summed E-state index contributed by atoms with van der Waals surface area (Å²) < 4.78 is 4.13. The predicted octanol–water partition coefficient (Wildman–Crippen LogP) is 11.9. The first kappa shape index (κ1) is 28.9. The van der Waals surface area contributed by atoms with E-state index in [1.807, 2.05) is 80.6 Å². The number of azo groups is 3. The number of rotatable bonds is 9. The van der Waals surface area contributed by atoms with Crippen molar-refractivity contribution in [1.29, 1.82) is 0 Å². The average Bonchev–Trinajstić information content (AvgIpc) is 3.47. The molecule has 0 aliphatic carbocycles. The lowest BCUT2D eigenvalue weighted by Crippen LogP contribution is -2.13. The molecule has 5 aromatic carbocycles. The van der Waals surface area contributed by atoms with Gasteiger partial charge in [-0.2, -0.15) is 9.49 Å². The van der Waals surface area contributed by atoms with Gasteiger partial charge in [-0.1, -0.05) is 55.5 Å². The number of fused-ring (bicyclic) bond motifs is 2. The molecule has 1 aromatic heterocycles. The number of hydrogen-bond acceptors (Lipinski definition) is 10. The SMILES string of the molecule is CCC(C)Nc1ccc(N=Nc2ccc(N=Nc3ccc(N=Nc4nc(C)ns4)c(C)c3)c3ccccc23)c2ccccc12. The van der Waals surface area contributed by atoms with Gasteiger partial charge in [0.25, 0.3) is 0 Å². The normalized spacial score (nSPS) is 12.7. The highest BCUT2D eigenvalue weighted by Gasteiger charge is 2.09. The topological polar surface area (TPSA) is 112 Å². The Morgan fingerprint density at radius 2 is 1.20 bits per heavy atom. The zero-order valence-electron chi connectivity index (χ0n) is 24.9. The maximum Gasteiger partial charge on any atom is 0.249 e. The third-order valence-electron chi connectivity index (χ3n) is 7.27. The summed E-state index contributed by atoms with van der Waals surface area (Å²) in [5.74, 6) is 0.689. The van der Waals surface area contributed by atoms with Crippen molar-refractivity contribution in [2.45, 2.75) is 40.2 Å². The number of nitrogens with one attached hydrogen (secondary N) is 1. The Morgan fingerprint density at radius 3 is 1.80 bits per heavy atom. The Bertz CT molecular complexity index is 2040. The van der Waals surface area contributed by atoms with E-state index in [-0.39, 0.29) is 0 Å². The van der Waals surface area contributed by atoms with Crippen LogP contribution in [0.4, 0.5) is 39.3 Å². The summed E-state index contributed by atoms with van der Waals surface area (Å²) in [6, 6.07) is 30.4. The summed E-state index contributed by atoms with van der Waals surface area (Å²) in [5.41, 5.74) is 5.83. The maximum atomic E-state index is 4.69. The van der Waals surface area contributed by atoms with Crippen molar-refractivity contribution in [1.82, 2.24) is 9.36 Å². The molecule has 1 unspecified atom stereocenters. The number of benzene rings is 5. The van der Waals surface area contributed by atoms with Gasteiger partial charge in [-0.15, -0.1) is 25.6 Å². The van der Waals surface area contributed by atoms with E-state index in [4.69, 9.17) is 5.11 Å². The summed E-state index contributed by atoms with van der Waals surface area (Å²) in [7, 11) is 0. The molecule has 0 saturated carbocycles. The quantitative estimate of drug-likeness (QED) is 0.167. The molecule has 0 aliphatic heterocycles. The largest absolute Gasteiger partial charge is 0.382 e. The van der Waals surface area contributed by atoms with Gasteiger partial charge in [0.2, 0.25) is 5.13 Å². The van der Waals surface area contributed by atoms with Crippen LogP contribution in [0.1, 0.15) is 31.7 Å². The van der Waals surface area contributed by atoms with Crippen LogP contribution in [0.2, 0.25) is 0 Å². The lowest BCUT2D eigenvalue weighted by atomic mass is 10.1. The summed E-state index contributed by atoms with van der Waals surface area (Å²) in [6.07, 6.45) is 1.05. The minimum absolute atomic E-state index is 0.379. The van der Waals surface area contributed by atoms with E-state index in [0.29, 0.717) is 17.0 Å². The molecule has 0 aliphatic rings. The van der Waals surface area contributed by atoms with Gasteiger partial charge in [0.1, 0.15) is 5.82 Å². The summed E-state index contributed by atoms with van der Waals surface area (Å²) in [6.45, 7) is 8.16. The molecule has 0 fully saturated rings. The van der Waals surface area contributed by atoms with Crippen LogP contribution >= 0.6 is 11.5 Å². The molecule has 0 saturated heterocycles. The van der Waals surface area contributed by atoms with E-state index in [0.717, 1.165) is 67.7 Å². The Balaban J connectivity index is 1.26. The maximum absolute atomic E-state index is 4.69. The summed E-state index contributed by atoms with van der Waals surface area (Å²) >= 11 is 1.22. The van der Waals surface area contributed by atoms with Gasteiger partial charge in [0.15, 0.2) is 0 Å². The first-order valence-corrected chi connectivity index (χ1v) is 15.2. The molecular weight excluding hydrogens is 567 g/mol. The standard InChI is InChI=1S/C34H31N9S/c1-5-22(3)35-30-16-17-32(26-11-7-6-10-25(26)30)40-41-33-19-18-31(27-12-8-9-13-28(27)33)39-37-24-14-15-29(21(2)20-24)38-42-34-36-23(4)43-44-34/h6-20,22,35H,5H2,1-4H3. The molecule has 1 heterocycles.